The summed E-state index contributed by atoms with van der Waals surface area (Å²) < 4.78 is 0. The lowest BCUT2D eigenvalue weighted by molar-refractivity contribution is 0.229. The Labute approximate surface area is 96.7 Å². The first-order valence-corrected chi connectivity index (χ1v) is 5.61. The molecule has 2 N–H and O–H groups in total. The van der Waals surface area contributed by atoms with Gasteiger partial charge in [0.05, 0.1) is 11.6 Å². The van der Waals surface area contributed by atoms with Crippen LogP contribution in [0, 0.1) is 17.2 Å². The predicted molar refractivity (Wildman–Crippen MR) is 65.1 cm³/mol. The van der Waals surface area contributed by atoms with E-state index in [1.165, 1.54) is 0 Å². The molecule has 1 unspecified atom stereocenters. The van der Waals surface area contributed by atoms with Crippen molar-refractivity contribution < 1.29 is 5.11 Å². The molecule has 0 bridgehead atoms. The quantitative estimate of drug-likeness (QED) is 0.721. The number of hydrogen-bond donors (Lipinski definition) is 2. The number of nitrogens with zero attached hydrogens (tertiary/aromatic N) is 1. The topological polar surface area (TPSA) is 56.0 Å². The van der Waals surface area contributed by atoms with Crippen LogP contribution in [0.25, 0.3) is 0 Å². The van der Waals surface area contributed by atoms with Crippen LogP contribution < -0.4 is 5.32 Å². The second-order valence-electron chi connectivity index (χ2n) is 4.05. The molecule has 0 saturated carbocycles. The highest BCUT2D eigenvalue weighted by Crippen LogP contribution is 2.10. The van der Waals surface area contributed by atoms with Gasteiger partial charge in [-0.1, -0.05) is 13.0 Å². The molecule has 1 atom stereocenters. The minimum atomic E-state index is 0.254. The lowest BCUT2D eigenvalue weighted by Gasteiger charge is -2.09. The predicted octanol–water partition coefficient (Wildman–Crippen LogP) is 2.38. The first-order valence-electron chi connectivity index (χ1n) is 5.61. The summed E-state index contributed by atoms with van der Waals surface area (Å²) in [6.45, 7) is 3.17. The van der Waals surface area contributed by atoms with E-state index < -0.39 is 0 Å². The number of hydrogen-bond acceptors (Lipinski definition) is 3. The normalized spacial score (nSPS) is 11.8. The van der Waals surface area contributed by atoms with Crippen molar-refractivity contribution in [3.05, 3.63) is 29.8 Å². The molecule has 1 aromatic carbocycles. The summed E-state index contributed by atoms with van der Waals surface area (Å²) in [4.78, 5) is 0. The zero-order chi connectivity index (χ0) is 11.8. The maximum Gasteiger partial charge on any atom is 0.0992 e. The molecule has 86 valence electrons. The van der Waals surface area contributed by atoms with Crippen LogP contribution in [0.1, 0.15) is 25.3 Å². The number of nitriles is 1. The summed E-state index contributed by atoms with van der Waals surface area (Å²) in [7, 11) is 0. The lowest BCUT2D eigenvalue weighted by Crippen LogP contribution is -2.06. The highest BCUT2D eigenvalue weighted by molar-refractivity contribution is 5.48. The van der Waals surface area contributed by atoms with E-state index in [0.717, 1.165) is 25.1 Å². The van der Waals surface area contributed by atoms with Crippen LogP contribution in [0.4, 0.5) is 5.69 Å². The number of nitrogens with one attached hydrogen (secondary N) is 1. The number of anilines is 1. The van der Waals surface area contributed by atoms with Gasteiger partial charge in [0.25, 0.3) is 0 Å². The first kappa shape index (κ1) is 12.5. The van der Waals surface area contributed by atoms with Crippen molar-refractivity contribution in [3.8, 4) is 6.07 Å². The average Bonchev–Trinajstić information content (AvgIpc) is 2.34. The summed E-state index contributed by atoms with van der Waals surface area (Å²) in [6.07, 6.45) is 2.04. The van der Waals surface area contributed by atoms with E-state index in [2.05, 4.69) is 11.4 Å². The summed E-state index contributed by atoms with van der Waals surface area (Å²) in [5, 5.41) is 20.9. The molecular formula is C13H18N2O. The minimum absolute atomic E-state index is 0.254. The number of benzene rings is 1. The van der Waals surface area contributed by atoms with Gasteiger partial charge in [-0.3, -0.25) is 0 Å². The molecule has 3 heteroatoms. The van der Waals surface area contributed by atoms with E-state index in [9.17, 15) is 0 Å². The Hall–Kier alpha value is -1.53. The molecule has 0 aliphatic carbocycles. The van der Waals surface area contributed by atoms with E-state index in [-0.39, 0.29) is 6.61 Å². The zero-order valence-electron chi connectivity index (χ0n) is 9.61. The third-order valence-corrected chi connectivity index (χ3v) is 2.51. The fraction of sp³-hybridized carbons (Fsp3) is 0.462. The number of aliphatic hydroxyl groups is 1. The average molecular weight is 218 g/mol. The molecule has 1 aromatic rings. The minimum Gasteiger partial charge on any atom is -0.396 e. The van der Waals surface area contributed by atoms with E-state index in [0.29, 0.717) is 11.5 Å². The molecule has 0 fully saturated rings. The molecule has 0 saturated heterocycles. The Morgan fingerprint density at radius 3 is 3.00 bits per heavy atom. The van der Waals surface area contributed by atoms with Crippen molar-refractivity contribution in [2.45, 2.75) is 19.8 Å². The highest BCUT2D eigenvalue weighted by Gasteiger charge is 1.99. The Morgan fingerprint density at radius 2 is 2.31 bits per heavy atom. The molecule has 0 aliphatic rings. The van der Waals surface area contributed by atoms with Crippen LogP contribution in [-0.2, 0) is 0 Å². The van der Waals surface area contributed by atoms with Gasteiger partial charge in [0.1, 0.15) is 0 Å². The van der Waals surface area contributed by atoms with Crippen molar-refractivity contribution >= 4 is 5.69 Å². The molecule has 3 nitrogen and oxygen atoms in total. The molecule has 0 aliphatic heterocycles. The second-order valence-corrected chi connectivity index (χ2v) is 4.05. The largest absolute Gasteiger partial charge is 0.396 e. The number of rotatable bonds is 6. The molecule has 0 aromatic heterocycles. The van der Waals surface area contributed by atoms with Gasteiger partial charge in [0.15, 0.2) is 0 Å². The van der Waals surface area contributed by atoms with Crippen molar-refractivity contribution in [1.82, 2.24) is 0 Å². The SMILES string of the molecule is CC(CO)CCCNc1cccc(C#N)c1. The van der Waals surface area contributed by atoms with Gasteiger partial charge in [0.2, 0.25) is 0 Å². The Kier molecular flexibility index (Phi) is 5.38. The monoisotopic (exact) mass is 218 g/mol. The van der Waals surface area contributed by atoms with Gasteiger partial charge in [-0.2, -0.15) is 5.26 Å². The van der Waals surface area contributed by atoms with E-state index in [1.807, 2.05) is 25.1 Å². The van der Waals surface area contributed by atoms with Gasteiger partial charge in [0, 0.05) is 18.8 Å². The van der Waals surface area contributed by atoms with Crippen LogP contribution >= 0.6 is 0 Å². The summed E-state index contributed by atoms with van der Waals surface area (Å²) in [5.74, 6) is 0.368. The molecule has 0 spiro atoms. The van der Waals surface area contributed by atoms with Crippen LogP contribution in [-0.4, -0.2) is 18.3 Å². The second kappa shape index (κ2) is 6.86. The fourth-order valence-corrected chi connectivity index (χ4v) is 1.47. The van der Waals surface area contributed by atoms with Crippen LogP contribution in [0.2, 0.25) is 0 Å². The molecule has 0 heterocycles. The van der Waals surface area contributed by atoms with Gasteiger partial charge in [-0.05, 0) is 37.0 Å². The van der Waals surface area contributed by atoms with Crippen molar-refractivity contribution in [3.63, 3.8) is 0 Å². The van der Waals surface area contributed by atoms with E-state index in [1.54, 1.807) is 6.07 Å². The molecule has 0 radical (unpaired) electrons. The van der Waals surface area contributed by atoms with Crippen LogP contribution in [0.3, 0.4) is 0 Å². The highest BCUT2D eigenvalue weighted by atomic mass is 16.3. The van der Waals surface area contributed by atoms with E-state index in [4.69, 9.17) is 10.4 Å². The maximum atomic E-state index is 8.86. The van der Waals surface area contributed by atoms with Crippen LogP contribution in [0.5, 0.6) is 0 Å². The standard InChI is InChI=1S/C13H18N2O/c1-11(10-16)4-3-7-15-13-6-2-5-12(8-13)9-14/h2,5-6,8,11,15-16H,3-4,7,10H2,1H3. The Balaban J connectivity index is 2.29. The van der Waals surface area contributed by atoms with E-state index >= 15 is 0 Å². The number of aliphatic hydroxyl groups excluding tert-OH is 1. The third kappa shape index (κ3) is 4.33. The van der Waals surface area contributed by atoms with Crippen LogP contribution in [0.15, 0.2) is 24.3 Å². The van der Waals surface area contributed by atoms with Crippen molar-refractivity contribution in [1.29, 1.82) is 5.26 Å². The maximum absolute atomic E-state index is 8.86. The summed E-state index contributed by atoms with van der Waals surface area (Å²) in [6, 6.07) is 9.57. The van der Waals surface area contributed by atoms with Crippen molar-refractivity contribution in [2.24, 2.45) is 5.92 Å². The zero-order valence-corrected chi connectivity index (χ0v) is 9.61. The van der Waals surface area contributed by atoms with Gasteiger partial charge in [-0.15, -0.1) is 0 Å². The summed E-state index contributed by atoms with van der Waals surface area (Å²) in [5.41, 5.74) is 1.66. The Bertz CT molecular complexity index is 357. The molecule has 0 amide bonds. The fourth-order valence-electron chi connectivity index (χ4n) is 1.47. The molecular weight excluding hydrogens is 200 g/mol. The lowest BCUT2D eigenvalue weighted by atomic mass is 10.1. The smallest absolute Gasteiger partial charge is 0.0992 e. The summed E-state index contributed by atoms with van der Waals surface area (Å²) >= 11 is 0. The first-order chi connectivity index (χ1) is 7.76. The Morgan fingerprint density at radius 1 is 1.50 bits per heavy atom. The van der Waals surface area contributed by atoms with Gasteiger partial charge in [-0.25, -0.2) is 0 Å². The molecule has 1 rings (SSSR count). The van der Waals surface area contributed by atoms with Gasteiger partial charge < -0.3 is 10.4 Å². The third-order valence-electron chi connectivity index (χ3n) is 2.51. The molecule has 16 heavy (non-hydrogen) atoms. The van der Waals surface area contributed by atoms with Gasteiger partial charge >= 0.3 is 0 Å². The van der Waals surface area contributed by atoms with Crippen molar-refractivity contribution in [2.75, 3.05) is 18.5 Å².